The molecule has 8 aromatic carbocycles. The van der Waals surface area contributed by atoms with Crippen LogP contribution >= 0.6 is 11.3 Å². The summed E-state index contributed by atoms with van der Waals surface area (Å²) in [4.78, 5) is 14.8. The summed E-state index contributed by atoms with van der Waals surface area (Å²) >= 11 is 1.90. The van der Waals surface area contributed by atoms with Gasteiger partial charge in [0.1, 0.15) is 0 Å². The summed E-state index contributed by atoms with van der Waals surface area (Å²) in [6.45, 7) is 0. The molecule has 2 aromatic heterocycles. The molecule has 0 atom stereocenters. The van der Waals surface area contributed by atoms with E-state index in [1.54, 1.807) is 0 Å². The summed E-state index contributed by atoms with van der Waals surface area (Å²) in [5.41, 5.74) is 9.92. The molecule has 248 valence electrons. The fraction of sp³-hybridized carbons (Fsp3) is 0. The van der Waals surface area contributed by atoms with Crippen LogP contribution in [0.4, 0.5) is 0 Å². The average Bonchev–Trinajstić information content (AvgIpc) is 3.64. The van der Waals surface area contributed by atoms with E-state index >= 15 is 0 Å². The summed E-state index contributed by atoms with van der Waals surface area (Å²) in [6, 6.07) is 66.4. The molecule has 0 amide bonds. The third kappa shape index (κ3) is 5.76. The lowest BCUT2D eigenvalue weighted by Crippen LogP contribution is -2.00. The number of nitrogens with zero attached hydrogens (tertiary/aromatic N) is 3. The van der Waals surface area contributed by atoms with Crippen LogP contribution in [0.2, 0.25) is 0 Å². The Balaban J connectivity index is 1.02. The molecule has 0 spiro atoms. The van der Waals surface area contributed by atoms with Crippen molar-refractivity contribution in [2.45, 2.75) is 0 Å². The quantitative estimate of drug-likeness (QED) is 0.174. The Morgan fingerprint density at radius 3 is 1.36 bits per heavy atom. The lowest BCUT2D eigenvalue weighted by molar-refractivity contribution is 1.07. The Bertz CT molecular complexity index is 2890. The first kappa shape index (κ1) is 31.0. The van der Waals surface area contributed by atoms with Crippen LogP contribution in [-0.4, -0.2) is 15.0 Å². The molecule has 3 nitrogen and oxygen atoms in total. The van der Waals surface area contributed by atoms with Gasteiger partial charge in [-0.1, -0.05) is 170 Å². The van der Waals surface area contributed by atoms with Crippen LogP contribution < -0.4 is 0 Å². The fourth-order valence-corrected chi connectivity index (χ4v) is 8.65. The van der Waals surface area contributed by atoms with Gasteiger partial charge in [-0.2, -0.15) is 0 Å². The monoisotopic (exact) mass is 693 g/mol. The lowest BCUT2D eigenvalue weighted by atomic mass is 9.95. The highest BCUT2D eigenvalue weighted by Gasteiger charge is 2.15. The molecular formula is C49H31N3S. The lowest BCUT2D eigenvalue weighted by Gasteiger charge is -2.11. The molecule has 10 aromatic rings. The minimum absolute atomic E-state index is 0.645. The van der Waals surface area contributed by atoms with Gasteiger partial charge < -0.3 is 0 Å². The molecular weight excluding hydrogens is 663 g/mol. The third-order valence-electron chi connectivity index (χ3n) is 9.91. The van der Waals surface area contributed by atoms with Crippen LogP contribution in [0.1, 0.15) is 0 Å². The van der Waals surface area contributed by atoms with E-state index in [4.69, 9.17) is 15.0 Å². The van der Waals surface area contributed by atoms with E-state index < -0.39 is 0 Å². The van der Waals surface area contributed by atoms with Crippen molar-refractivity contribution in [3.8, 4) is 67.5 Å². The zero-order valence-electron chi connectivity index (χ0n) is 28.6. The number of benzene rings is 8. The van der Waals surface area contributed by atoms with Crippen molar-refractivity contribution in [3.63, 3.8) is 0 Å². The Kier molecular flexibility index (Phi) is 7.67. The number of hydrogen-bond acceptors (Lipinski definition) is 4. The number of thiophene rings is 1. The van der Waals surface area contributed by atoms with Crippen molar-refractivity contribution in [3.05, 3.63) is 188 Å². The maximum Gasteiger partial charge on any atom is 0.164 e. The second-order valence-corrected chi connectivity index (χ2v) is 14.2. The molecule has 0 saturated carbocycles. The maximum absolute atomic E-state index is 4.97. The molecule has 0 unspecified atom stereocenters. The van der Waals surface area contributed by atoms with Gasteiger partial charge in [0.05, 0.1) is 0 Å². The summed E-state index contributed by atoms with van der Waals surface area (Å²) in [6.07, 6.45) is 0. The summed E-state index contributed by atoms with van der Waals surface area (Å²) in [5, 5.41) is 5.23. The first-order valence-corrected chi connectivity index (χ1v) is 18.6. The van der Waals surface area contributed by atoms with Gasteiger partial charge in [-0.25, -0.2) is 15.0 Å². The first-order chi connectivity index (χ1) is 26.2. The number of fused-ring (bicyclic) bond motifs is 5. The predicted octanol–water partition coefficient (Wildman–Crippen LogP) is 13.4. The SMILES string of the molecule is c1ccc(-c2nc(-c3ccccc3)nc(-c3cccc(-c4cccc(-c5cccc(-c6cccc7c6sc6c8ccccc8ccc76)c5)c4)c3)n2)cc1. The second-order valence-electron chi connectivity index (χ2n) is 13.2. The van der Waals surface area contributed by atoms with Gasteiger partial charge in [-0.15, -0.1) is 11.3 Å². The van der Waals surface area contributed by atoms with Crippen LogP contribution in [0, 0.1) is 0 Å². The smallest absolute Gasteiger partial charge is 0.164 e. The summed E-state index contributed by atoms with van der Waals surface area (Å²) < 4.78 is 2.67. The van der Waals surface area contributed by atoms with E-state index in [2.05, 4.69) is 127 Å². The highest BCUT2D eigenvalue weighted by molar-refractivity contribution is 7.27. The molecule has 0 N–H and O–H groups in total. The van der Waals surface area contributed by atoms with Crippen molar-refractivity contribution in [1.82, 2.24) is 15.0 Å². The zero-order valence-corrected chi connectivity index (χ0v) is 29.5. The van der Waals surface area contributed by atoms with Gasteiger partial charge in [0, 0.05) is 36.9 Å². The molecule has 53 heavy (non-hydrogen) atoms. The van der Waals surface area contributed by atoms with Crippen molar-refractivity contribution in [2.75, 3.05) is 0 Å². The Morgan fingerprint density at radius 1 is 0.283 bits per heavy atom. The largest absolute Gasteiger partial charge is 0.208 e. The highest BCUT2D eigenvalue weighted by atomic mass is 32.1. The predicted molar refractivity (Wildman–Crippen MR) is 223 cm³/mol. The Labute approximate surface area is 311 Å². The maximum atomic E-state index is 4.97. The molecule has 4 heteroatoms. The van der Waals surface area contributed by atoms with E-state index in [1.807, 2.05) is 72.0 Å². The molecule has 0 aliphatic rings. The van der Waals surface area contributed by atoms with Gasteiger partial charge in [0.15, 0.2) is 17.5 Å². The number of hydrogen-bond donors (Lipinski definition) is 0. The van der Waals surface area contributed by atoms with Gasteiger partial charge in [0.2, 0.25) is 0 Å². The van der Waals surface area contributed by atoms with Crippen LogP contribution in [0.5, 0.6) is 0 Å². The fourth-order valence-electron chi connectivity index (χ4n) is 7.27. The van der Waals surface area contributed by atoms with E-state index in [-0.39, 0.29) is 0 Å². The summed E-state index contributed by atoms with van der Waals surface area (Å²) in [5.74, 6) is 1.95. The topological polar surface area (TPSA) is 38.7 Å². The van der Waals surface area contributed by atoms with Crippen LogP contribution in [-0.2, 0) is 0 Å². The van der Waals surface area contributed by atoms with E-state index in [9.17, 15) is 0 Å². The number of aromatic nitrogens is 3. The van der Waals surface area contributed by atoms with Gasteiger partial charge in [-0.3, -0.25) is 0 Å². The minimum Gasteiger partial charge on any atom is -0.208 e. The van der Waals surface area contributed by atoms with Crippen molar-refractivity contribution in [1.29, 1.82) is 0 Å². The molecule has 2 heterocycles. The molecule has 0 aliphatic carbocycles. The van der Waals surface area contributed by atoms with E-state index in [1.165, 1.54) is 53.2 Å². The molecule has 0 saturated heterocycles. The summed E-state index contributed by atoms with van der Waals surface area (Å²) in [7, 11) is 0. The first-order valence-electron chi connectivity index (χ1n) is 17.8. The van der Waals surface area contributed by atoms with Crippen LogP contribution in [0.25, 0.3) is 98.5 Å². The molecule has 0 fully saturated rings. The van der Waals surface area contributed by atoms with Crippen molar-refractivity contribution < 1.29 is 0 Å². The van der Waals surface area contributed by atoms with Crippen molar-refractivity contribution >= 4 is 42.3 Å². The van der Waals surface area contributed by atoms with Crippen LogP contribution in [0.3, 0.4) is 0 Å². The molecule has 0 radical (unpaired) electrons. The van der Waals surface area contributed by atoms with Gasteiger partial charge >= 0.3 is 0 Å². The Morgan fingerprint density at radius 2 is 0.717 bits per heavy atom. The molecule has 0 aliphatic heterocycles. The van der Waals surface area contributed by atoms with Gasteiger partial charge in [0.25, 0.3) is 0 Å². The third-order valence-corrected chi connectivity index (χ3v) is 11.2. The Hall–Kier alpha value is -6.75. The van der Waals surface area contributed by atoms with Crippen LogP contribution in [0.15, 0.2) is 188 Å². The zero-order chi connectivity index (χ0) is 35.1. The van der Waals surface area contributed by atoms with E-state index in [0.29, 0.717) is 17.5 Å². The number of rotatable bonds is 6. The highest BCUT2D eigenvalue weighted by Crippen LogP contribution is 2.43. The average molecular weight is 694 g/mol. The van der Waals surface area contributed by atoms with Crippen molar-refractivity contribution in [2.24, 2.45) is 0 Å². The molecule has 0 bridgehead atoms. The van der Waals surface area contributed by atoms with E-state index in [0.717, 1.165) is 27.8 Å². The molecule has 10 rings (SSSR count). The second kappa shape index (κ2) is 13.1. The normalized spacial score (nSPS) is 11.4. The van der Waals surface area contributed by atoms with Gasteiger partial charge in [-0.05, 0) is 62.4 Å². The minimum atomic E-state index is 0.645. The standard InChI is InChI=1S/C49H31N3S/c1-3-14-33(15-4-1)47-50-48(34-16-5-2-6-17-34)52-49(51-47)40-23-11-21-38(31-40)36-19-9-18-35(29-36)37-20-10-22-39(30-37)42-25-12-26-43-44-28-27-32-13-7-8-24-41(32)45(44)53-46(42)43/h1-31H.